The van der Waals surface area contributed by atoms with E-state index in [4.69, 9.17) is 0 Å². The van der Waals surface area contributed by atoms with Crippen molar-refractivity contribution in [2.45, 2.75) is 167 Å². The Balaban J connectivity index is 2.50. The topological polar surface area (TPSA) is 86.7 Å². The van der Waals surface area contributed by atoms with Crippen molar-refractivity contribution >= 4 is 11.9 Å². The van der Waals surface area contributed by atoms with Gasteiger partial charge in [-0.2, -0.15) is 0 Å². The Morgan fingerprint density at radius 2 is 1.00 bits per heavy atom. The highest BCUT2D eigenvalue weighted by Crippen LogP contribution is 2.52. The number of rotatable bonds is 11. The minimum Gasteiger partial charge on any atom is -0.550 e. The average Bonchev–Trinajstić information content (AvgIpc) is 2.63. The van der Waals surface area contributed by atoms with Crippen LogP contribution in [0.25, 0.3) is 0 Å². The fraction of sp³-hybridized carbons (Fsp3) is 0.929. The van der Waals surface area contributed by atoms with Gasteiger partial charge >= 0.3 is 0 Å². The lowest BCUT2D eigenvalue weighted by molar-refractivity contribution is -0.350. The van der Waals surface area contributed by atoms with Crippen LogP contribution in [0, 0.1) is 0 Å². The number of unbranched alkanes of at least 4 members (excludes halogenated alkanes) is 4. The maximum Gasteiger partial charge on any atom is 0.116 e. The number of piperidine rings is 2. The molecule has 2 aliphatic rings. The zero-order valence-corrected chi connectivity index (χ0v) is 23.2. The smallest absolute Gasteiger partial charge is 0.116 e. The molecule has 6 nitrogen and oxygen atoms in total. The van der Waals surface area contributed by atoms with Gasteiger partial charge in [0.15, 0.2) is 0 Å². The molecule has 0 atom stereocenters. The molecule has 0 saturated carbocycles. The van der Waals surface area contributed by atoms with Gasteiger partial charge in [-0.1, -0.05) is 19.3 Å². The Bertz CT molecular complexity index is 656. The van der Waals surface area contributed by atoms with Crippen LogP contribution in [0.3, 0.4) is 0 Å². The van der Waals surface area contributed by atoms with Crippen LogP contribution in [0.1, 0.15) is 139 Å². The molecule has 2 fully saturated rings. The van der Waals surface area contributed by atoms with Crippen LogP contribution in [0.4, 0.5) is 0 Å². The van der Waals surface area contributed by atoms with Crippen molar-refractivity contribution < 1.29 is 19.8 Å². The van der Waals surface area contributed by atoms with Crippen LogP contribution in [-0.2, 0) is 9.59 Å². The molecular weight excluding hydrogens is 428 g/mol. The van der Waals surface area contributed by atoms with E-state index < -0.39 is 17.6 Å². The maximum atomic E-state index is 13.5. The Labute approximate surface area is 208 Å². The molecule has 198 valence electrons. The monoisotopic (exact) mass is 478 g/mol. The second kappa shape index (κ2) is 10.5. The number of carbonyl (C=O) groups is 2. The SMILES string of the molecule is CC1(C)CCCC(C)(C)N1C(CCCCCCCC(=O)[O-])(C(=O)[O-])N1C(C)(C)CCCC1(C)C. The summed E-state index contributed by atoms with van der Waals surface area (Å²) >= 11 is 0. The third-order valence-corrected chi connectivity index (χ3v) is 8.55. The molecule has 0 amide bonds. The van der Waals surface area contributed by atoms with E-state index in [1.54, 1.807) is 0 Å². The summed E-state index contributed by atoms with van der Waals surface area (Å²) in [6.45, 7) is 17.6. The van der Waals surface area contributed by atoms with E-state index in [1.807, 2.05) is 0 Å². The summed E-state index contributed by atoms with van der Waals surface area (Å²) in [6.07, 6.45) is 10.6. The lowest BCUT2D eigenvalue weighted by Crippen LogP contribution is -2.83. The first kappa shape index (κ1) is 29.1. The number of carbonyl (C=O) groups excluding carboxylic acids is 2. The van der Waals surface area contributed by atoms with Crippen molar-refractivity contribution in [2.24, 2.45) is 0 Å². The third-order valence-electron chi connectivity index (χ3n) is 8.55. The van der Waals surface area contributed by atoms with Gasteiger partial charge in [0, 0.05) is 28.1 Å². The summed E-state index contributed by atoms with van der Waals surface area (Å²) < 4.78 is 0. The summed E-state index contributed by atoms with van der Waals surface area (Å²) in [6, 6.07) is 0. The standard InChI is InChI=1S/C28H52N2O4/c1-24(2)17-14-18-25(3,4)29(24)28(23(33)34,21-13-11-9-10-12-16-22(31)32)30-26(5,6)19-15-20-27(30,7)8/h9-21H2,1-8H3,(H,31,32)(H,33,34)/p-2. The van der Waals surface area contributed by atoms with Crippen LogP contribution in [0.5, 0.6) is 0 Å². The highest BCUT2D eigenvalue weighted by molar-refractivity contribution is 5.77. The van der Waals surface area contributed by atoms with Crippen LogP contribution in [-0.4, -0.2) is 49.6 Å². The minimum absolute atomic E-state index is 0.0926. The first-order valence-electron chi connectivity index (χ1n) is 13.5. The normalized spacial score (nSPS) is 24.6. The number of likely N-dealkylation sites (tertiary alicyclic amines) is 2. The molecule has 6 heteroatoms. The summed E-state index contributed by atoms with van der Waals surface area (Å²) in [5.41, 5.74) is -2.33. The van der Waals surface area contributed by atoms with E-state index in [0.29, 0.717) is 12.8 Å². The van der Waals surface area contributed by atoms with Crippen molar-refractivity contribution in [3.05, 3.63) is 0 Å². The largest absolute Gasteiger partial charge is 0.550 e. The summed E-state index contributed by atoms with van der Waals surface area (Å²) in [7, 11) is 0. The molecule has 34 heavy (non-hydrogen) atoms. The number of hydrogen-bond donors (Lipinski definition) is 0. The first-order valence-corrected chi connectivity index (χ1v) is 13.5. The molecule has 0 spiro atoms. The molecule has 2 heterocycles. The molecule has 0 aromatic carbocycles. The number of carboxylic acid groups (broad SMARTS) is 2. The van der Waals surface area contributed by atoms with E-state index in [2.05, 4.69) is 65.2 Å². The Morgan fingerprint density at radius 3 is 1.35 bits per heavy atom. The lowest BCUT2D eigenvalue weighted by atomic mass is 9.71. The minimum atomic E-state index is -1.22. The zero-order valence-electron chi connectivity index (χ0n) is 23.2. The van der Waals surface area contributed by atoms with Gasteiger partial charge in [-0.3, -0.25) is 9.80 Å². The summed E-state index contributed by atoms with van der Waals surface area (Å²) in [5.74, 6) is -1.98. The molecule has 2 saturated heterocycles. The van der Waals surface area contributed by atoms with Crippen LogP contribution >= 0.6 is 0 Å². The van der Waals surface area contributed by atoms with Gasteiger partial charge in [0.25, 0.3) is 0 Å². The molecule has 0 N–H and O–H groups in total. The van der Waals surface area contributed by atoms with Gasteiger partial charge in [-0.15, -0.1) is 0 Å². The number of aliphatic carboxylic acids is 2. The predicted molar refractivity (Wildman–Crippen MR) is 133 cm³/mol. The van der Waals surface area contributed by atoms with Gasteiger partial charge in [0.05, 0.1) is 5.97 Å². The van der Waals surface area contributed by atoms with Crippen LogP contribution in [0.2, 0.25) is 0 Å². The van der Waals surface area contributed by atoms with Crippen molar-refractivity contribution in [2.75, 3.05) is 0 Å². The lowest BCUT2D eigenvalue weighted by Gasteiger charge is -2.70. The van der Waals surface area contributed by atoms with Gasteiger partial charge in [-0.05, 0) is 120 Å². The highest BCUT2D eigenvalue weighted by atomic mass is 16.4. The van der Waals surface area contributed by atoms with E-state index in [1.165, 1.54) is 0 Å². The molecule has 0 bridgehead atoms. The fourth-order valence-corrected chi connectivity index (χ4v) is 7.78. The van der Waals surface area contributed by atoms with E-state index in [0.717, 1.165) is 64.2 Å². The van der Waals surface area contributed by atoms with Crippen LogP contribution in [0.15, 0.2) is 0 Å². The van der Waals surface area contributed by atoms with Gasteiger partial charge < -0.3 is 19.8 Å². The van der Waals surface area contributed by atoms with E-state index in [-0.39, 0.29) is 28.6 Å². The Morgan fingerprint density at radius 1 is 0.647 bits per heavy atom. The molecule has 2 aliphatic heterocycles. The van der Waals surface area contributed by atoms with Crippen molar-refractivity contribution in [1.29, 1.82) is 0 Å². The predicted octanol–water partition coefficient (Wildman–Crippen LogP) is 4.00. The van der Waals surface area contributed by atoms with E-state index in [9.17, 15) is 19.8 Å². The first-order chi connectivity index (χ1) is 15.5. The zero-order chi connectivity index (χ0) is 26.0. The van der Waals surface area contributed by atoms with Crippen molar-refractivity contribution in [1.82, 2.24) is 9.80 Å². The molecule has 2 rings (SSSR count). The fourth-order valence-electron chi connectivity index (χ4n) is 7.78. The quantitative estimate of drug-likeness (QED) is 0.417. The molecular formula is C28H50N2O4-2. The number of carboxylic acids is 2. The molecule has 0 unspecified atom stereocenters. The molecule has 0 aromatic rings. The average molecular weight is 479 g/mol. The molecule has 0 aromatic heterocycles. The Kier molecular flexibility index (Phi) is 8.95. The van der Waals surface area contributed by atoms with Crippen LogP contribution < -0.4 is 10.2 Å². The third kappa shape index (κ3) is 5.98. The van der Waals surface area contributed by atoms with Gasteiger partial charge in [0.1, 0.15) is 5.66 Å². The Hall–Kier alpha value is -1.14. The van der Waals surface area contributed by atoms with Crippen molar-refractivity contribution in [3.63, 3.8) is 0 Å². The summed E-state index contributed by atoms with van der Waals surface area (Å²) in [4.78, 5) is 28.9. The summed E-state index contributed by atoms with van der Waals surface area (Å²) in [5, 5.41) is 24.2. The maximum absolute atomic E-state index is 13.5. The van der Waals surface area contributed by atoms with E-state index >= 15 is 0 Å². The highest BCUT2D eigenvalue weighted by Gasteiger charge is 2.61. The van der Waals surface area contributed by atoms with Gasteiger partial charge in [-0.25, -0.2) is 0 Å². The van der Waals surface area contributed by atoms with Gasteiger partial charge in [0.2, 0.25) is 0 Å². The molecule has 0 radical (unpaired) electrons. The number of hydrogen-bond acceptors (Lipinski definition) is 6. The number of nitrogens with zero attached hydrogens (tertiary/aromatic N) is 2. The second-order valence-corrected chi connectivity index (χ2v) is 13.4. The second-order valence-electron chi connectivity index (χ2n) is 13.4. The van der Waals surface area contributed by atoms with Crippen molar-refractivity contribution in [3.8, 4) is 0 Å². The molecule has 0 aliphatic carbocycles.